The Morgan fingerprint density at radius 1 is 1.17 bits per heavy atom. The number of allylic oxidation sites excluding steroid dienone is 1. The maximum Gasteiger partial charge on any atom is 0.339 e. The summed E-state index contributed by atoms with van der Waals surface area (Å²) in [4.78, 5) is 39.1. The molecule has 2 rings (SSSR count). The molecule has 0 saturated carbocycles. The molecular formula is C22H26N2O4S. The highest BCUT2D eigenvalue weighted by atomic mass is 32.2. The molecule has 0 unspecified atom stereocenters. The zero-order valence-electron chi connectivity index (χ0n) is 17.2. The number of benzene rings is 1. The van der Waals surface area contributed by atoms with E-state index >= 15 is 0 Å². The lowest BCUT2D eigenvalue weighted by Gasteiger charge is -2.12. The lowest BCUT2D eigenvalue weighted by Crippen LogP contribution is -2.23. The van der Waals surface area contributed by atoms with Crippen LogP contribution >= 0.6 is 11.8 Å². The van der Waals surface area contributed by atoms with Gasteiger partial charge < -0.3 is 14.2 Å². The van der Waals surface area contributed by atoms with E-state index in [2.05, 4.69) is 6.58 Å². The smallest absolute Gasteiger partial charge is 0.339 e. The van der Waals surface area contributed by atoms with Gasteiger partial charge in [-0.2, -0.15) is 0 Å². The molecule has 0 fully saturated rings. The summed E-state index contributed by atoms with van der Waals surface area (Å²) in [7, 11) is 3.36. The quantitative estimate of drug-likeness (QED) is 0.272. The van der Waals surface area contributed by atoms with Gasteiger partial charge in [0.1, 0.15) is 0 Å². The zero-order chi connectivity index (χ0) is 21.6. The molecule has 1 aromatic heterocycles. The number of esters is 1. The van der Waals surface area contributed by atoms with Crippen molar-refractivity contribution in [3.05, 3.63) is 65.5 Å². The molecule has 0 spiro atoms. The van der Waals surface area contributed by atoms with Crippen LogP contribution in [0.25, 0.3) is 0 Å². The van der Waals surface area contributed by atoms with Crippen molar-refractivity contribution in [1.82, 2.24) is 9.47 Å². The molecule has 1 amide bonds. The van der Waals surface area contributed by atoms with Gasteiger partial charge in [-0.15, -0.1) is 18.3 Å². The van der Waals surface area contributed by atoms with Crippen LogP contribution in [0.2, 0.25) is 0 Å². The monoisotopic (exact) mass is 414 g/mol. The topological polar surface area (TPSA) is 68.6 Å². The normalized spacial score (nSPS) is 10.5. The molecule has 0 radical (unpaired) electrons. The fourth-order valence-corrected chi connectivity index (χ4v) is 3.83. The molecule has 0 aliphatic heterocycles. The number of nitrogens with zero attached hydrogens (tertiary/aromatic N) is 2. The molecule has 1 aromatic carbocycles. The van der Waals surface area contributed by atoms with E-state index in [1.54, 1.807) is 50.5 Å². The number of hydrogen-bond donors (Lipinski definition) is 0. The average molecular weight is 415 g/mol. The second-order valence-electron chi connectivity index (χ2n) is 6.76. The maximum absolute atomic E-state index is 12.6. The van der Waals surface area contributed by atoms with Gasteiger partial charge >= 0.3 is 5.97 Å². The molecule has 7 heteroatoms. The number of carbonyl (C=O) groups excluding carboxylic acids is 3. The van der Waals surface area contributed by atoms with Gasteiger partial charge in [0.25, 0.3) is 0 Å². The largest absolute Gasteiger partial charge is 0.454 e. The average Bonchev–Trinajstić information content (AvgIpc) is 2.98. The number of thioether (sulfide) groups is 1. The number of ketones is 1. The Morgan fingerprint density at radius 3 is 2.52 bits per heavy atom. The first-order valence-electron chi connectivity index (χ1n) is 9.16. The van der Waals surface area contributed by atoms with Gasteiger partial charge in [-0.25, -0.2) is 4.79 Å². The van der Waals surface area contributed by atoms with E-state index in [1.807, 2.05) is 18.4 Å². The van der Waals surface area contributed by atoms with E-state index in [0.29, 0.717) is 22.6 Å². The first-order chi connectivity index (χ1) is 13.8. The molecule has 1 heterocycles. The molecular weight excluding hydrogens is 388 g/mol. The van der Waals surface area contributed by atoms with E-state index in [1.165, 1.54) is 16.7 Å². The second kappa shape index (κ2) is 10.1. The minimum atomic E-state index is -0.585. The number of carbonyl (C=O) groups is 3. The van der Waals surface area contributed by atoms with Gasteiger partial charge in [0, 0.05) is 42.5 Å². The predicted molar refractivity (Wildman–Crippen MR) is 115 cm³/mol. The number of aromatic nitrogens is 1. The number of rotatable bonds is 9. The summed E-state index contributed by atoms with van der Waals surface area (Å²) in [6, 6.07) is 8.70. The van der Waals surface area contributed by atoms with Crippen molar-refractivity contribution in [3.63, 3.8) is 0 Å². The molecule has 0 N–H and O–H groups in total. The Balaban J connectivity index is 2.06. The molecule has 2 aromatic rings. The van der Waals surface area contributed by atoms with Gasteiger partial charge in [0.2, 0.25) is 11.7 Å². The fraction of sp³-hybridized carbons (Fsp3) is 0.318. The van der Waals surface area contributed by atoms with Crippen LogP contribution in [0.1, 0.15) is 32.1 Å². The summed E-state index contributed by atoms with van der Waals surface area (Å²) in [6.07, 6.45) is 1.77. The van der Waals surface area contributed by atoms with Crippen LogP contribution in [0.4, 0.5) is 0 Å². The van der Waals surface area contributed by atoms with Crippen LogP contribution in [-0.2, 0) is 16.1 Å². The molecule has 0 saturated heterocycles. The van der Waals surface area contributed by atoms with Crippen molar-refractivity contribution in [2.24, 2.45) is 0 Å². The number of aryl methyl sites for hydroxylation is 1. The summed E-state index contributed by atoms with van der Waals surface area (Å²) in [5, 5.41) is 0. The molecule has 29 heavy (non-hydrogen) atoms. The van der Waals surface area contributed by atoms with Crippen LogP contribution in [0.15, 0.2) is 47.9 Å². The minimum Gasteiger partial charge on any atom is -0.454 e. The van der Waals surface area contributed by atoms with Crippen LogP contribution in [-0.4, -0.2) is 53.6 Å². The third kappa shape index (κ3) is 5.60. The highest BCUT2D eigenvalue weighted by Gasteiger charge is 2.19. The summed E-state index contributed by atoms with van der Waals surface area (Å²) < 4.78 is 7.26. The van der Waals surface area contributed by atoms with E-state index in [4.69, 9.17) is 4.74 Å². The number of ether oxygens (including phenoxy) is 1. The molecule has 0 aliphatic rings. The van der Waals surface area contributed by atoms with E-state index in [0.717, 1.165) is 11.4 Å². The SMILES string of the molecule is C=CCn1c(C)cc(C(=O)COC(=O)c2ccccc2SCC(=O)N(C)C)c1C. The fourth-order valence-electron chi connectivity index (χ4n) is 2.81. The predicted octanol–water partition coefficient (Wildman–Crippen LogP) is 3.51. The first-order valence-corrected chi connectivity index (χ1v) is 10.1. The summed E-state index contributed by atoms with van der Waals surface area (Å²) in [6.45, 7) is 7.78. The molecule has 6 nitrogen and oxygen atoms in total. The summed E-state index contributed by atoms with van der Waals surface area (Å²) in [5.41, 5.74) is 2.65. The zero-order valence-corrected chi connectivity index (χ0v) is 18.0. The Kier molecular flexibility index (Phi) is 7.84. The third-order valence-electron chi connectivity index (χ3n) is 4.48. The number of hydrogen-bond acceptors (Lipinski definition) is 5. The molecule has 0 atom stereocenters. The molecule has 0 bridgehead atoms. The minimum absolute atomic E-state index is 0.0526. The highest BCUT2D eigenvalue weighted by molar-refractivity contribution is 8.00. The number of amides is 1. The van der Waals surface area contributed by atoms with Gasteiger partial charge in [0.05, 0.1) is 11.3 Å². The van der Waals surface area contributed by atoms with Crippen molar-refractivity contribution in [3.8, 4) is 0 Å². The van der Waals surface area contributed by atoms with Crippen LogP contribution < -0.4 is 0 Å². The van der Waals surface area contributed by atoms with Crippen molar-refractivity contribution in [2.45, 2.75) is 25.3 Å². The number of Topliss-reactive ketones (excluding diaryl/α,β-unsaturated/α-hetero) is 1. The molecule has 0 aliphatic carbocycles. The van der Waals surface area contributed by atoms with Gasteiger partial charge in [-0.1, -0.05) is 18.2 Å². The Morgan fingerprint density at radius 2 is 1.86 bits per heavy atom. The van der Waals surface area contributed by atoms with Crippen LogP contribution in [0.5, 0.6) is 0 Å². The Bertz CT molecular complexity index is 931. The van der Waals surface area contributed by atoms with Gasteiger partial charge in [-0.3, -0.25) is 9.59 Å². The van der Waals surface area contributed by atoms with Gasteiger partial charge in [-0.05, 0) is 32.0 Å². The third-order valence-corrected chi connectivity index (χ3v) is 5.54. The van der Waals surface area contributed by atoms with Crippen LogP contribution in [0, 0.1) is 13.8 Å². The second-order valence-corrected chi connectivity index (χ2v) is 7.77. The maximum atomic E-state index is 12.6. The van der Waals surface area contributed by atoms with Crippen molar-refractivity contribution >= 4 is 29.4 Å². The van der Waals surface area contributed by atoms with E-state index < -0.39 is 5.97 Å². The highest BCUT2D eigenvalue weighted by Crippen LogP contribution is 2.24. The van der Waals surface area contributed by atoms with Crippen molar-refractivity contribution in [1.29, 1.82) is 0 Å². The lowest BCUT2D eigenvalue weighted by molar-refractivity contribution is -0.125. The van der Waals surface area contributed by atoms with E-state index in [9.17, 15) is 14.4 Å². The van der Waals surface area contributed by atoms with Gasteiger partial charge in [0.15, 0.2) is 6.61 Å². The summed E-state index contributed by atoms with van der Waals surface area (Å²) >= 11 is 1.27. The van der Waals surface area contributed by atoms with Crippen molar-refractivity contribution in [2.75, 3.05) is 26.5 Å². The van der Waals surface area contributed by atoms with Crippen LogP contribution in [0.3, 0.4) is 0 Å². The first kappa shape index (κ1) is 22.5. The Labute approximate surface area is 175 Å². The Hall–Kier alpha value is -2.80. The standard InChI is InChI=1S/C22H26N2O4S/c1-6-11-24-15(2)12-18(16(24)3)19(25)13-28-22(27)17-9-7-8-10-20(17)29-14-21(26)23(4)5/h6-10,12H,1,11,13-14H2,2-5H3. The lowest BCUT2D eigenvalue weighted by atomic mass is 10.1. The molecule has 154 valence electrons. The summed E-state index contributed by atoms with van der Waals surface area (Å²) in [5.74, 6) is -0.678. The van der Waals surface area contributed by atoms with Crippen molar-refractivity contribution < 1.29 is 19.1 Å². The van der Waals surface area contributed by atoms with E-state index in [-0.39, 0.29) is 24.1 Å².